The van der Waals surface area contributed by atoms with Crippen molar-refractivity contribution < 1.29 is 24.2 Å². The number of carbonyl (C=O) groups is 2. The van der Waals surface area contributed by atoms with Crippen LogP contribution in [-0.2, 0) is 19.7 Å². The highest BCUT2D eigenvalue weighted by atomic mass is 16.5. The summed E-state index contributed by atoms with van der Waals surface area (Å²) in [6.45, 7) is 3.63. The first-order valence-electron chi connectivity index (χ1n) is 11.7. The first-order valence-corrected chi connectivity index (χ1v) is 11.7. The summed E-state index contributed by atoms with van der Waals surface area (Å²) < 4.78 is 10.2. The van der Waals surface area contributed by atoms with Gasteiger partial charge in [0.1, 0.15) is 5.75 Å². The van der Waals surface area contributed by atoms with E-state index in [0.29, 0.717) is 11.3 Å². The maximum atomic E-state index is 12.2. The van der Waals surface area contributed by atoms with E-state index < -0.39 is 11.9 Å². The van der Waals surface area contributed by atoms with Crippen molar-refractivity contribution in [3.8, 4) is 16.9 Å². The van der Waals surface area contributed by atoms with Gasteiger partial charge in [-0.15, -0.1) is 0 Å². The molecule has 5 nitrogen and oxygen atoms in total. The van der Waals surface area contributed by atoms with Crippen molar-refractivity contribution in [1.29, 1.82) is 0 Å². The lowest BCUT2D eigenvalue weighted by Crippen LogP contribution is -2.48. The quantitative estimate of drug-likeness (QED) is 0.451. The zero-order valence-electron chi connectivity index (χ0n) is 19.0. The lowest BCUT2D eigenvalue weighted by molar-refractivity contribution is -0.139. The summed E-state index contributed by atoms with van der Waals surface area (Å²) in [7, 11) is 1.38. The van der Waals surface area contributed by atoms with Crippen LogP contribution in [0.3, 0.4) is 0 Å². The number of carboxylic acid groups (broad SMARTS) is 1. The van der Waals surface area contributed by atoms with Crippen molar-refractivity contribution in [1.82, 2.24) is 0 Å². The number of benzene rings is 2. The number of esters is 1. The lowest BCUT2D eigenvalue weighted by atomic mass is 9.47. The Morgan fingerprint density at radius 1 is 1.00 bits per heavy atom. The second-order valence-electron chi connectivity index (χ2n) is 10.1. The van der Waals surface area contributed by atoms with E-state index in [1.165, 1.54) is 56.8 Å². The Balaban J connectivity index is 1.56. The molecule has 0 heterocycles. The van der Waals surface area contributed by atoms with E-state index in [0.717, 1.165) is 28.9 Å². The third kappa shape index (κ3) is 4.05. The maximum absolute atomic E-state index is 12.2. The number of hydrogen-bond acceptors (Lipinski definition) is 4. The van der Waals surface area contributed by atoms with Gasteiger partial charge in [0.2, 0.25) is 0 Å². The minimum Gasteiger partial charge on any atom is -0.482 e. The summed E-state index contributed by atoms with van der Waals surface area (Å²) in [5.74, 6) is 1.52. The van der Waals surface area contributed by atoms with Crippen molar-refractivity contribution in [3.63, 3.8) is 0 Å². The molecule has 0 aromatic heterocycles. The molecule has 2 aromatic rings. The highest BCUT2D eigenvalue weighted by molar-refractivity contribution is 6.15. The van der Waals surface area contributed by atoms with Gasteiger partial charge >= 0.3 is 11.9 Å². The zero-order chi connectivity index (χ0) is 23.2. The van der Waals surface area contributed by atoms with E-state index in [2.05, 4.69) is 18.7 Å². The molecule has 4 saturated carbocycles. The number of aliphatic carboxylic acids is 1. The van der Waals surface area contributed by atoms with Gasteiger partial charge < -0.3 is 14.6 Å². The maximum Gasteiger partial charge on any atom is 0.341 e. The van der Waals surface area contributed by atoms with E-state index in [9.17, 15) is 9.59 Å². The monoisotopic (exact) mass is 446 g/mol. The van der Waals surface area contributed by atoms with Crippen LogP contribution in [0.4, 0.5) is 0 Å². The van der Waals surface area contributed by atoms with Crippen molar-refractivity contribution in [3.05, 3.63) is 60.2 Å². The fourth-order valence-electron chi connectivity index (χ4n) is 6.98. The zero-order valence-corrected chi connectivity index (χ0v) is 19.0. The summed E-state index contributed by atoms with van der Waals surface area (Å²) in [5, 5.41) is 8.86. The van der Waals surface area contributed by atoms with Crippen LogP contribution in [0.15, 0.2) is 49.0 Å². The Hall–Kier alpha value is -3.08. The molecule has 4 aliphatic carbocycles. The first-order chi connectivity index (χ1) is 15.9. The van der Waals surface area contributed by atoms with Crippen LogP contribution in [0.1, 0.15) is 49.7 Å². The molecule has 1 N–H and O–H groups in total. The van der Waals surface area contributed by atoms with E-state index in [-0.39, 0.29) is 12.0 Å². The lowest BCUT2D eigenvalue weighted by Gasteiger charge is -2.57. The van der Waals surface area contributed by atoms with Crippen LogP contribution in [0.2, 0.25) is 0 Å². The molecule has 4 bridgehead atoms. The Morgan fingerprint density at radius 3 is 2.15 bits per heavy atom. The predicted octanol–water partition coefficient (Wildman–Crippen LogP) is 5.47. The molecule has 6 rings (SSSR count). The number of hydrogen-bond donors (Lipinski definition) is 1. The summed E-state index contributed by atoms with van der Waals surface area (Å²) in [6, 6.07) is 13.9. The summed E-state index contributed by atoms with van der Waals surface area (Å²) in [6.07, 6.45) is 7.70. The molecular formula is C28H30O5. The second kappa shape index (κ2) is 8.36. The molecule has 0 atom stereocenters. The van der Waals surface area contributed by atoms with Crippen LogP contribution in [0.5, 0.6) is 5.75 Å². The van der Waals surface area contributed by atoms with E-state index in [4.69, 9.17) is 14.6 Å². The Kier molecular flexibility index (Phi) is 5.51. The van der Waals surface area contributed by atoms with Gasteiger partial charge in [-0.1, -0.05) is 30.8 Å². The fourth-order valence-corrected chi connectivity index (χ4v) is 6.98. The average Bonchev–Trinajstić information content (AvgIpc) is 2.81. The Bertz CT molecular complexity index is 1060. The molecule has 5 heteroatoms. The molecule has 0 amide bonds. The normalized spacial score (nSPS) is 27.2. The van der Waals surface area contributed by atoms with Gasteiger partial charge in [-0.25, -0.2) is 9.59 Å². The van der Waals surface area contributed by atoms with Crippen LogP contribution in [-0.4, -0.2) is 30.8 Å². The summed E-state index contributed by atoms with van der Waals surface area (Å²) in [4.78, 5) is 23.0. The molecule has 0 unspecified atom stereocenters. The smallest absolute Gasteiger partial charge is 0.341 e. The van der Waals surface area contributed by atoms with Crippen molar-refractivity contribution in [2.24, 2.45) is 17.8 Å². The van der Waals surface area contributed by atoms with Crippen molar-refractivity contribution in [2.45, 2.75) is 43.9 Å². The third-order valence-corrected chi connectivity index (χ3v) is 7.94. The highest BCUT2D eigenvalue weighted by Gasteiger charge is 2.52. The largest absolute Gasteiger partial charge is 0.482 e. The SMILES string of the molecule is C=C(C(=O)OC)c1ccc(-c2ccc(OCC(=O)O)cc2)c(C23CC4CC(CC(C4)C2)C3)c1. The van der Waals surface area contributed by atoms with Gasteiger partial charge in [0.15, 0.2) is 6.61 Å². The molecule has 33 heavy (non-hydrogen) atoms. The van der Waals surface area contributed by atoms with Gasteiger partial charge in [-0.05, 0) is 102 Å². The van der Waals surface area contributed by atoms with Crippen molar-refractivity contribution >= 4 is 17.5 Å². The standard InChI is InChI=1S/C28H30O5/c1-17(27(31)32-2)22-5-8-24(21-3-6-23(7-4-21)33-16-26(29)30)25(12-22)28-13-18-9-19(14-28)11-20(10-18)15-28/h3-8,12,18-20H,1,9-11,13-16H2,2H3,(H,29,30). The molecule has 4 fully saturated rings. The first kappa shape index (κ1) is 21.7. The molecule has 0 spiro atoms. The number of carbonyl (C=O) groups excluding carboxylic acids is 1. The van der Waals surface area contributed by atoms with Crippen LogP contribution in [0.25, 0.3) is 16.7 Å². The molecular weight excluding hydrogens is 416 g/mol. The van der Waals surface area contributed by atoms with Crippen LogP contribution >= 0.6 is 0 Å². The Labute approximate surface area is 194 Å². The average molecular weight is 447 g/mol. The third-order valence-electron chi connectivity index (χ3n) is 7.94. The Morgan fingerprint density at radius 2 is 1.61 bits per heavy atom. The van der Waals surface area contributed by atoms with Crippen LogP contribution in [0, 0.1) is 17.8 Å². The van der Waals surface area contributed by atoms with E-state index in [1.807, 2.05) is 30.3 Å². The van der Waals surface area contributed by atoms with Gasteiger partial charge in [0.25, 0.3) is 0 Å². The number of methoxy groups -OCH3 is 1. The molecule has 0 saturated heterocycles. The molecule has 0 aliphatic heterocycles. The summed E-state index contributed by atoms with van der Waals surface area (Å²) in [5.41, 5.74) is 4.88. The number of rotatable bonds is 7. The molecule has 172 valence electrons. The molecule has 0 radical (unpaired) electrons. The topological polar surface area (TPSA) is 72.8 Å². The van der Waals surface area contributed by atoms with Gasteiger partial charge in [-0.2, -0.15) is 0 Å². The number of carboxylic acids is 1. The molecule has 4 aliphatic rings. The van der Waals surface area contributed by atoms with E-state index in [1.54, 1.807) is 0 Å². The predicted molar refractivity (Wildman–Crippen MR) is 126 cm³/mol. The van der Waals surface area contributed by atoms with E-state index >= 15 is 0 Å². The minimum atomic E-state index is -0.996. The second-order valence-corrected chi connectivity index (χ2v) is 10.1. The molecule has 2 aromatic carbocycles. The van der Waals surface area contributed by atoms with Crippen LogP contribution < -0.4 is 4.74 Å². The van der Waals surface area contributed by atoms with Gasteiger partial charge in [0.05, 0.1) is 12.7 Å². The number of ether oxygens (including phenoxy) is 2. The van der Waals surface area contributed by atoms with Gasteiger partial charge in [0, 0.05) is 0 Å². The minimum absolute atomic E-state index is 0.134. The highest BCUT2D eigenvalue weighted by Crippen LogP contribution is 2.62. The summed E-state index contributed by atoms with van der Waals surface area (Å²) >= 11 is 0. The fraction of sp³-hybridized carbons (Fsp3) is 0.429. The van der Waals surface area contributed by atoms with Gasteiger partial charge in [-0.3, -0.25) is 0 Å². The van der Waals surface area contributed by atoms with Crippen molar-refractivity contribution in [2.75, 3.05) is 13.7 Å².